The van der Waals surface area contributed by atoms with Crippen molar-refractivity contribution < 1.29 is 0 Å². The van der Waals surface area contributed by atoms with Gasteiger partial charge in [0.15, 0.2) is 0 Å². The fourth-order valence-electron chi connectivity index (χ4n) is 1.79. The van der Waals surface area contributed by atoms with Crippen molar-refractivity contribution in [3.8, 4) is 0 Å². The molecule has 0 bridgehead atoms. The highest BCUT2D eigenvalue weighted by Gasteiger charge is 2.07. The Balaban J connectivity index is 1.84. The summed E-state index contributed by atoms with van der Waals surface area (Å²) < 4.78 is 0. The van der Waals surface area contributed by atoms with Crippen LogP contribution in [-0.4, -0.2) is 15.4 Å². The summed E-state index contributed by atoms with van der Waals surface area (Å²) >= 11 is 1.76. The van der Waals surface area contributed by atoms with Crippen LogP contribution in [0.2, 0.25) is 0 Å². The van der Waals surface area contributed by atoms with E-state index in [2.05, 4.69) is 45.2 Å². The van der Waals surface area contributed by atoms with Crippen molar-refractivity contribution in [3.05, 3.63) is 40.6 Å². The summed E-state index contributed by atoms with van der Waals surface area (Å²) in [5, 5.41) is 16.3. The Bertz CT molecular complexity index is 614. The molecule has 86 valence electrons. The molecule has 1 atom stereocenters. The molecule has 5 heteroatoms. The molecule has 2 N–H and O–H groups in total. The maximum atomic E-state index is 4.08. The fraction of sp³-hybridized carbons (Fsp3) is 0.167. The highest BCUT2D eigenvalue weighted by atomic mass is 32.1. The lowest BCUT2D eigenvalue weighted by atomic mass is 10.2. The second kappa shape index (κ2) is 4.18. The zero-order valence-corrected chi connectivity index (χ0v) is 10.2. The van der Waals surface area contributed by atoms with Gasteiger partial charge in [0.25, 0.3) is 0 Å². The zero-order valence-electron chi connectivity index (χ0n) is 9.34. The number of anilines is 1. The predicted octanol–water partition coefficient (Wildman–Crippen LogP) is 3.19. The van der Waals surface area contributed by atoms with Gasteiger partial charge >= 0.3 is 0 Å². The average molecular weight is 244 g/mol. The number of aromatic nitrogens is 3. The van der Waals surface area contributed by atoms with Crippen molar-refractivity contribution in [2.75, 3.05) is 5.32 Å². The third kappa shape index (κ3) is 2.01. The van der Waals surface area contributed by atoms with Crippen LogP contribution < -0.4 is 5.32 Å². The molecule has 0 aliphatic rings. The maximum Gasteiger partial charge on any atom is 0.115 e. The molecule has 0 aliphatic carbocycles. The molecule has 1 unspecified atom stereocenters. The third-order valence-corrected chi connectivity index (χ3v) is 3.72. The van der Waals surface area contributed by atoms with Gasteiger partial charge in [0.2, 0.25) is 0 Å². The van der Waals surface area contributed by atoms with Crippen LogP contribution >= 0.6 is 11.3 Å². The van der Waals surface area contributed by atoms with Crippen LogP contribution in [0.4, 0.5) is 5.69 Å². The highest BCUT2D eigenvalue weighted by molar-refractivity contribution is 7.10. The lowest BCUT2D eigenvalue weighted by molar-refractivity contribution is 0.908. The molecule has 0 aliphatic heterocycles. The molecular formula is C12H12N4S. The molecular weight excluding hydrogens is 232 g/mol. The highest BCUT2D eigenvalue weighted by Crippen LogP contribution is 2.24. The summed E-state index contributed by atoms with van der Waals surface area (Å²) in [4.78, 5) is 1.32. The van der Waals surface area contributed by atoms with Gasteiger partial charge < -0.3 is 5.32 Å². The number of aromatic amines is 1. The number of nitrogens with zero attached hydrogens (tertiary/aromatic N) is 2. The van der Waals surface area contributed by atoms with E-state index in [0.717, 1.165) is 16.7 Å². The van der Waals surface area contributed by atoms with Crippen molar-refractivity contribution in [2.24, 2.45) is 0 Å². The second-order valence-corrected chi connectivity index (χ2v) is 4.89. The molecule has 4 nitrogen and oxygen atoms in total. The van der Waals surface area contributed by atoms with E-state index in [1.807, 2.05) is 18.2 Å². The number of thiophene rings is 1. The quantitative estimate of drug-likeness (QED) is 0.744. The molecule has 0 amide bonds. The van der Waals surface area contributed by atoms with Gasteiger partial charge in [-0.15, -0.1) is 11.3 Å². The van der Waals surface area contributed by atoms with Gasteiger partial charge in [-0.25, -0.2) is 0 Å². The SMILES string of the molecule is CC(Nc1ccc2n[nH]nc2c1)c1cccs1. The van der Waals surface area contributed by atoms with Crippen molar-refractivity contribution in [1.29, 1.82) is 0 Å². The first-order valence-corrected chi connectivity index (χ1v) is 6.31. The van der Waals surface area contributed by atoms with E-state index in [4.69, 9.17) is 0 Å². The molecule has 0 fully saturated rings. The summed E-state index contributed by atoms with van der Waals surface area (Å²) in [7, 11) is 0. The largest absolute Gasteiger partial charge is 0.378 e. The minimum absolute atomic E-state index is 0.305. The molecule has 3 rings (SSSR count). The lowest BCUT2D eigenvalue weighted by Gasteiger charge is -2.13. The standard InChI is InChI=1S/C12H12N4S/c1-8(12-3-2-6-17-12)13-9-4-5-10-11(7-9)15-16-14-10/h2-8,13H,1H3,(H,14,15,16). The number of fused-ring (bicyclic) bond motifs is 1. The third-order valence-electron chi connectivity index (χ3n) is 2.67. The van der Waals surface area contributed by atoms with Crippen molar-refractivity contribution in [2.45, 2.75) is 13.0 Å². The normalized spacial score (nSPS) is 12.8. The Labute approximate surface area is 103 Å². The van der Waals surface area contributed by atoms with Crippen molar-refractivity contribution >= 4 is 28.1 Å². The van der Waals surface area contributed by atoms with E-state index in [0.29, 0.717) is 6.04 Å². The van der Waals surface area contributed by atoms with Crippen LogP contribution in [0.15, 0.2) is 35.7 Å². The van der Waals surface area contributed by atoms with E-state index in [1.165, 1.54) is 4.88 Å². The zero-order chi connectivity index (χ0) is 11.7. The van der Waals surface area contributed by atoms with E-state index in [9.17, 15) is 0 Å². The van der Waals surface area contributed by atoms with Crippen LogP contribution in [0.3, 0.4) is 0 Å². The van der Waals surface area contributed by atoms with Gasteiger partial charge in [-0.1, -0.05) is 6.07 Å². The topological polar surface area (TPSA) is 53.6 Å². The summed E-state index contributed by atoms with van der Waals surface area (Å²) in [5.74, 6) is 0. The maximum absolute atomic E-state index is 4.08. The van der Waals surface area contributed by atoms with Gasteiger partial charge in [-0.3, -0.25) is 0 Å². The Morgan fingerprint density at radius 1 is 1.24 bits per heavy atom. The van der Waals surface area contributed by atoms with Gasteiger partial charge in [0.1, 0.15) is 11.0 Å². The van der Waals surface area contributed by atoms with E-state index < -0.39 is 0 Å². The van der Waals surface area contributed by atoms with Crippen LogP contribution in [0.5, 0.6) is 0 Å². The monoisotopic (exact) mass is 244 g/mol. The van der Waals surface area contributed by atoms with Crippen LogP contribution in [0.25, 0.3) is 11.0 Å². The van der Waals surface area contributed by atoms with Crippen molar-refractivity contribution in [1.82, 2.24) is 15.4 Å². The molecule has 1 aromatic carbocycles. The number of rotatable bonds is 3. The van der Waals surface area contributed by atoms with E-state index in [-0.39, 0.29) is 0 Å². The first-order chi connectivity index (χ1) is 8.33. The first-order valence-electron chi connectivity index (χ1n) is 5.43. The van der Waals surface area contributed by atoms with E-state index in [1.54, 1.807) is 11.3 Å². The number of nitrogens with one attached hydrogen (secondary N) is 2. The average Bonchev–Trinajstić information content (AvgIpc) is 2.99. The molecule has 3 aromatic rings. The summed E-state index contributed by atoms with van der Waals surface area (Å²) in [5.41, 5.74) is 2.83. The van der Waals surface area contributed by atoms with Gasteiger partial charge in [0, 0.05) is 10.6 Å². The second-order valence-electron chi connectivity index (χ2n) is 3.91. The lowest BCUT2D eigenvalue weighted by Crippen LogP contribution is -2.04. The Hall–Kier alpha value is -1.88. The van der Waals surface area contributed by atoms with Crippen LogP contribution in [0.1, 0.15) is 17.8 Å². The molecule has 0 spiro atoms. The predicted molar refractivity (Wildman–Crippen MR) is 70.2 cm³/mol. The molecule has 2 heterocycles. The minimum Gasteiger partial charge on any atom is -0.378 e. The smallest absolute Gasteiger partial charge is 0.115 e. The minimum atomic E-state index is 0.305. The fourth-order valence-corrected chi connectivity index (χ4v) is 2.52. The van der Waals surface area contributed by atoms with Crippen LogP contribution in [0, 0.1) is 0 Å². The van der Waals surface area contributed by atoms with Crippen molar-refractivity contribution in [3.63, 3.8) is 0 Å². The molecule has 0 saturated carbocycles. The summed E-state index contributed by atoms with van der Waals surface area (Å²) in [6.45, 7) is 2.15. The first kappa shape index (κ1) is 10.3. The molecule has 0 radical (unpaired) electrons. The summed E-state index contributed by atoms with van der Waals surface area (Å²) in [6.07, 6.45) is 0. The molecule has 17 heavy (non-hydrogen) atoms. The van der Waals surface area contributed by atoms with Gasteiger partial charge in [-0.05, 0) is 36.6 Å². The number of benzene rings is 1. The summed E-state index contributed by atoms with van der Waals surface area (Å²) in [6, 6.07) is 10.5. The Morgan fingerprint density at radius 3 is 2.94 bits per heavy atom. The van der Waals surface area contributed by atoms with Gasteiger partial charge in [0.05, 0.1) is 6.04 Å². The number of hydrogen-bond donors (Lipinski definition) is 2. The number of hydrogen-bond acceptors (Lipinski definition) is 4. The van der Waals surface area contributed by atoms with Gasteiger partial charge in [-0.2, -0.15) is 15.4 Å². The molecule has 0 saturated heterocycles. The van der Waals surface area contributed by atoms with E-state index >= 15 is 0 Å². The molecule has 2 aromatic heterocycles. The Morgan fingerprint density at radius 2 is 2.12 bits per heavy atom. The van der Waals surface area contributed by atoms with Crippen LogP contribution in [-0.2, 0) is 0 Å². The Kier molecular flexibility index (Phi) is 2.53. The number of H-pyrrole nitrogens is 1.